The van der Waals surface area contributed by atoms with Gasteiger partial charge in [0.15, 0.2) is 18.0 Å². The Labute approximate surface area is 185 Å². The van der Waals surface area contributed by atoms with E-state index in [1.54, 1.807) is 4.90 Å². The molecule has 14 heteroatoms. The van der Waals surface area contributed by atoms with Gasteiger partial charge in [-0.1, -0.05) is 12.2 Å². The molecular formula is C18H19F4N7O2S. The molecule has 2 fully saturated rings. The lowest BCUT2D eigenvalue weighted by molar-refractivity contribution is 0.142. The van der Waals surface area contributed by atoms with E-state index in [9.17, 15) is 22.4 Å². The number of piperidine rings is 1. The lowest BCUT2D eigenvalue weighted by Gasteiger charge is -2.33. The van der Waals surface area contributed by atoms with Gasteiger partial charge in [0.25, 0.3) is 6.43 Å². The zero-order valence-electron chi connectivity index (χ0n) is 16.6. The van der Waals surface area contributed by atoms with Crippen LogP contribution in [0.5, 0.6) is 0 Å². The fourth-order valence-electron chi connectivity index (χ4n) is 3.80. The van der Waals surface area contributed by atoms with Crippen LogP contribution >= 0.6 is 12.2 Å². The van der Waals surface area contributed by atoms with Crippen LogP contribution in [0.1, 0.15) is 18.9 Å². The van der Waals surface area contributed by atoms with Gasteiger partial charge in [-0.25, -0.2) is 22.4 Å². The maximum Gasteiger partial charge on any atom is 0.414 e. The van der Waals surface area contributed by atoms with Gasteiger partial charge in [0.1, 0.15) is 16.8 Å². The number of thiocarbonyl (C=S) groups is 1. The molecule has 4 rings (SSSR count). The number of halogens is 4. The van der Waals surface area contributed by atoms with Crippen molar-refractivity contribution in [3.63, 3.8) is 0 Å². The SMILES string of the molecule is O=C1O[C@@H](CNC(=S)C(F)F)CN1c1cc(F)c(N2CCC(n3ncnn3)CC2)c(F)c1. The minimum absolute atomic E-state index is 0.00186. The second-order valence-corrected chi connectivity index (χ2v) is 7.83. The summed E-state index contributed by atoms with van der Waals surface area (Å²) in [5.74, 6) is -1.63. The third-order valence-corrected chi connectivity index (χ3v) is 5.68. The smallest absolute Gasteiger partial charge is 0.414 e. The molecule has 172 valence electrons. The van der Waals surface area contributed by atoms with Crippen molar-refractivity contribution < 1.29 is 27.1 Å². The highest BCUT2D eigenvalue weighted by molar-refractivity contribution is 7.80. The lowest BCUT2D eigenvalue weighted by Crippen LogP contribution is -2.37. The fraction of sp³-hybridized carbons (Fsp3) is 0.500. The Morgan fingerprint density at radius 2 is 1.94 bits per heavy atom. The molecule has 2 saturated heterocycles. The van der Waals surface area contributed by atoms with Crippen molar-refractivity contribution in [2.75, 3.05) is 36.0 Å². The molecule has 9 nitrogen and oxygen atoms in total. The minimum atomic E-state index is -2.83. The van der Waals surface area contributed by atoms with Gasteiger partial charge in [-0.2, -0.15) is 4.80 Å². The van der Waals surface area contributed by atoms with Crippen LogP contribution in [0.4, 0.5) is 33.7 Å². The molecule has 3 heterocycles. The van der Waals surface area contributed by atoms with Gasteiger partial charge in [-0.3, -0.25) is 4.90 Å². The number of hydrogen-bond donors (Lipinski definition) is 1. The molecule has 0 saturated carbocycles. The first kappa shape index (κ1) is 22.2. The molecule has 32 heavy (non-hydrogen) atoms. The summed E-state index contributed by atoms with van der Waals surface area (Å²) in [7, 11) is 0. The van der Waals surface area contributed by atoms with Crippen LogP contribution in [0, 0.1) is 11.6 Å². The van der Waals surface area contributed by atoms with E-state index in [4.69, 9.17) is 4.74 Å². The second-order valence-electron chi connectivity index (χ2n) is 7.39. The highest BCUT2D eigenvalue weighted by atomic mass is 32.1. The predicted octanol–water partition coefficient (Wildman–Crippen LogP) is 2.30. The van der Waals surface area contributed by atoms with E-state index in [1.165, 1.54) is 11.1 Å². The van der Waals surface area contributed by atoms with Crippen LogP contribution < -0.4 is 15.1 Å². The van der Waals surface area contributed by atoms with Crippen molar-refractivity contribution >= 4 is 34.7 Å². The third-order valence-electron chi connectivity index (χ3n) is 5.36. The summed E-state index contributed by atoms with van der Waals surface area (Å²) in [6.07, 6.45) is -1.94. The van der Waals surface area contributed by atoms with Gasteiger partial charge in [-0.05, 0) is 18.1 Å². The predicted molar refractivity (Wildman–Crippen MR) is 109 cm³/mol. The van der Waals surface area contributed by atoms with E-state index in [0.29, 0.717) is 25.9 Å². The molecule has 1 atom stereocenters. The average Bonchev–Trinajstić information content (AvgIpc) is 3.42. The van der Waals surface area contributed by atoms with Crippen LogP contribution in [0.3, 0.4) is 0 Å². The van der Waals surface area contributed by atoms with Crippen molar-refractivity contribution in [3.8, 4) is 0 Å². The van der Waals surface area contributed by atoms with E-state index in [0.717, 1.165) is 17.0 Å². The summed E-state index contributed by atoms with van der Waals surface area (Å²) in [6, 6.07) is 2.12. The van der Waals surface area contributed by atoms with Crippen molar-refractivity contribution in [3.05, 3.63) is 30.1 Å². The van der Waals surface area contributed by atoms with Gasteiger partial charge in [0.2, 0.25) is 0 Å². The Hall–Kier alpha value is -3.03. The molecule has 2 aliphatic rings. The standard InChI is InChI=1S/C18H19F4N7O2S/c19-13-5-11(28-8-12(31-18(28)30)7-23-17(32)16(21)22)6-14(20)15(13)27-3-1-10(2-4-27)29-25-9-24-26-29/h5-6,9-10,12,16H,1-4,7-8H2,(H,23,32)/t12-/m0/s1. The number of tetrazole rings is 1. The highest BCUT2D eigenvalue weighted by Crippen LogP contribution is 2.33. The summed E-state index contributed by atoms with van der Waals surface area (Å²) in [5, 5.41) is 13.9. The summed E-state index contributed by atoms with van der Waals surface area (Å²) in [5.41, 5.74) is -0.193. The number of aromatic nitrogens is 4. The highest BCUT2D eigenvalue weighted by Gasteiger charge is 2.34. The van der Waals surface area contributed by atoms with Gasteiger partial charge in [0.05, 0.1) is 24.8 Å². The first-order chi connectivity index (χ1) is 15.3. The molecule has 1 aromatic heterocycles. The van der Waals surface area contributed by atoms with Crippen LogP contribution in [-0.4, -0.2) is 70.0 Å². The number of nitrogens with zero attached hydrogens (tertiary/aromatic N) is 6. The number of cyclic esters (lactones) is 1. The molecule has 0 spiro atoms. The number of rotatable bonds is 6. The molecule has 0 bridgehead atoms. The molecule has 1 amide bonds. The molecule has 0 unspecified atom stereocenters. The largest absolute Gasteiger partial charge is 0.442 e. The summed E-state index contributed by atoms with van der Waals surface area (Å²) >= 11 is 4.48. The van der Waals surface area contributed by atoms with Crippen LogP contribution in [0.15, 0.2) is 18.5 Å². The Balaban J connectivity index is 1.42. The average molecular weight is 473 g/mol. The maximum absolute atomic E-state index is 14.9. The summed E-state index contributed by atoms with van der Waals surface area (Å²) in [6.45, 7) is 0.585. The normalized spacial score (nSPS) is 19.5. The van der Waals surface area contributed by atoms with Gasteiger partial charge in [-0.15, -0.1) is 10.2 Å². The molecule has 2 aliphatic heterocycles. The maximum atomic E-state index is 14.9. The second kappa shape index (κ2) is 9.22. The monoisotopic (exact) mass is 473 g/mol. The first-order valence-corrected chi connectivity index (χ1v) is 10.2. The fourth-order valence-corrected chi connectivity index (χ4v) is 3.89. The van der Waals surface area contributed by atoms with Gasteiger partial charge >= 0.3 is 6.09 Å². The third kappa shape index (κ3) is 4.59. The number of alkyl halides is 2. The lowest BCUT2D eigenvalue weighted by atomic mass is 10.0. The van der Waals surface area contributed by atoms with E-state index < -0.39 is 35.2 Å². The van der Waals surface area contributed by atoms with Crippen molar-refractivity contribution in [2.45, 2.75) is 31.4 Å². The van der Waals surface area contributed by atoms with Crippen LogP contribution in [-0.2, 0) is 4.74 Å². The number of amides is 1. The van der Waals surface area contributed by atoms with Crippen molar-refractivity contribution in [1.82, 2.24) is 25.5 Å². The number of nitrogens with one attached hydrogen (secondary N) is 1. The van der Waals surface area contributed by atoms with Gasteiger partial charge < -0.3 is 15.0 Å². The van der Waals surface area contributed by atoms with E-state index in [2.05, 4.69) is 32.9 Å². The van der Waals surface area contributed by atoms with E-state index >= 15 is 0 Å². The minimum Gasteiger partial charge on any atom is -0.442 e. The summed E-state index contributed by atoms with van der Waals surface area (Å²) < 4.78 is 59.8. The molecular weight excluding hydrogens is 454 g/mol. The Morgan fingerprint density at radius 3 is 2.53 bits per heavy atom. The zero-order valence-corrected chi connectivity index (χ0v) is 17.4. The Morgan fingerprint density at radius 1 is 1.25 bits per heavy atom. The zero-order chi connectivity index (χ0) is 22.8. The topological polar surface area (TPSA) is 88.4 Å². The van der Waals surface area contributed by atoms with Gasteiger partial charge in [0, 0.05) is 25.2 Å². The molecule has 0 radical (unpaired) electrons. The summed E-state index contributed by atoms with van der Waals surface area (Å²) in [4.78, 5) is 15.6. The van der Waals surface area contributed by atoms with Crippen LogP contribution in [0.25, 0.3) is 0 Å². The van der Waals surface area contributed by atoms with Crippen molar-refractivity contribution in [1.29, 1.82) is 0 Å². The van der Waals surface area contributed by atoms with E-state index in [-0.39, 0.29) is 30.5 Å². The molecule has 1 N–H and O–H groups in total. The van der Waals surface area contributed by atoms with Crippen LogP contribution in [0.2, 0.25) is 0 Å². The Kier molecular flexibility index (Phi) is 6.39. The number of hydrogen-bond acceptors (Lipinski definition) is 7. The molecule has 1 aromatic carbocycles. The number of carbonyl (C=O) groups is 1. The first-order valence-electron chi connectivity index (χ1n) is 9.84. The number of ether oxygens (including phenoxy) is 1. The quantitative estimate of drug-likeness (QED) is 0.505. The molecule has 2 aromatic rings. The Bertz CT molecular complexity index is 963. The number of anilines is 2. The molecule has 0 aliphatic carbocycles. The van der Waals surface area contributed by atoms with E-state index in [1.807, 2.05) is 0 Å². The van der Waals surface area contributed by atoms with Crippen molar-refractivity contribution in [2.24, 2.45) is 0 Å². The number of carbonyl (C=O) groups excluding carboxylic acids is 1. The number of benzene rings is 1.